The number of anilines is 1. The van der Waals surface area contributed by atoms with Crippen LogP contribution in [0.5, 0.6) is 0 Å². The van der Waals surface area contributed by atoms with Gasteiger partial charge < -0.3 is 5.32 Å². The van der Waals surface area contributed by atoms with Gasteiger partial charge in [-0.15, -0.1) is 0 Å². The second kappa shape index (κ2) is 4.95. The predicted octanol–water partition coefficient (Wildman–Crippen LogP) is 3.93. The minimum atomic E-state index is -3.24. The molecule has 0 saturated carbocycles. The lowest BCUT2D eigenvalue weighted by Gasteiger charge is -2.15. The first-order valence-electron chi connectivity index (χ1n) is 6.01. The lowest BCUT2D eigenvalue weighted by Crippen LogP contribution is -2.13. The van der Waals surface area contributed by atoms with E-state index in [1.54, 1.807) is 30.3 Å². The maximum absolute atomic E-state index is 12.1. The molecule has 1 heterocycles. The van der Waals surface area contributed by atoms with Crippen LogP contribution < -0.4 is 5.32 Å². The molecule has 2 aromatic rings. The molecule has 0 bridgehead atoms. The van der Waals surface area contributed by atoms with Crippen molar-refractivity contribution < 1.29 is 8.42 Å². The van der Waals surface area contributed by atoms with Gasteiger partial charge in [0.2, 0.25) is 0 Å². The summed E-state index contributed by atoms with van der Waals surface area (Å²) < 4.78 is 24.2. The molecule has 0 spiro atoms. The van der Waals surface area contributed by atoms with Crippen molar-refractivity contribution in [3.8, 4) is 0 Å². The third-order valence-electron chi connectivity index (χ3n) is 3.30. The normalized spacial score (nSPS) is 19.6. The van der Waals surface area contributed by atoms with E-state index in [-0.39, 0.29) is 11.8 Å². The summed E-state index contributed by atoms with van der Waals surface area (Å²) in [7, 11) is -3.24. The van der Waals surface area contributed by atoms with Gasteiger partial charge in [0.1, 0.15) is 0 Å². The molecule has 1 aliphatic heterocycles. The number of fused-ring (bicyclic) bond motifs is 1. The molecular weight excluding hydrogens is 317 g/mol. The van der Waals surface area contributed by atoms with Gasteiger partial charge in [-0.3, -0.25) is 0 Å². The second-order valence-electron chi connectivity index (χ2n) is 4.62. The average molecular weight is 328 g/mol. The van der Waals surface area contributed by atoms with Crippen molar-refractivity contribution in [2.75, 3.05) is 11.1 Å². The van der Waals surface area contributed by atoms with Crippen molar-refractivity contribution in [1.82, 2.24) is 0 Å². The van der Waals surface area contributed by atoms with E-state index in [0.29, 0.717) is 20.6 Å². The molecule has 104 valence electrons. The highest BCUT2D eigenvalue weighted by Gasteiger charge is 2.34. The molecule has 3 nitrogen and oxygen atoms in total. The van der Waals surface area contributed by atoms with Crippen LogP contribution in [0.2, 0.25) is 10.0 Å². The van der Waals surface area contributed by atoms with Gasteiger partial charge in [-0.1, -0.05) is 47.5 Å². The van der Waals surface area contributed by atoms with Gasteiger partial charge in [0, 0.05) is 0 Å². The maximum atomic E-state index is 12.1. The van der Waals surface area contributed by atoms with Crippen molar-refractivity contribution in [3.63, 3.8) is 0 Å². The summed E-state index contributed by atoms with van der Waals surface area (Å²) in [6, 6.07) is 11.9. The molecule has 1 aliphatic rings. The Morgan fingerprint density at radius 2 is 1.80 bits per heavy atom. The predicted molar refractivity (Wildman–Crippen MR) is 81.3 cm³/mol. The minimum Gasteiger partial charge on any atom is -0.376 e. The number of hydrogen-bond acceptors (Lipinski definition) is 3. The SMILES string of the molecule is O=S1(=O)CC(Nc2cccc(Cl)c2Cl)c2ccccc21. The van der Waals surface area contributed by atoms with E-state index in [2.05, 4.69) is 5.32 Å². The molecule has 0 saturated heterocycles. The number of benzene rings is 2. The minimum absolute atomic E-state index is 0.0230. The van der Waals surface area contributed by atoms with Crippen molar-refractivity contribution in [1.29, 1.82) is 0 Å². The zero-order valence-electron chi connectivity index (χ0n) is 10.3. The molecule has 6 heteroatoms. The van der Waals surface area contributed by atoms with Crippen LogP contribution in [0.15, 0.2) is 47.4 Å². The molecule has 0 aliphatic carbocycles. The highest BCUT2D eigenvalue weighted by molar-refractivity contribution is 7.91. The molecule has 1 atom stereocenters. The van der Waals surface area contributed by atoms with Gasteiger partial charge in [0.15, 0.2) is 9.84 Å². The topological polar surface area (TPSA) is 46.2 Å². The molecule has 20 heavy (non-hydrogen) atoms. The third-order valence-corrected chi connectivity index (χ3v) is 5.93. The van der Waals surface area contributed by atoms with Crippen molar-refractivity contribution in [2.24, 2.45) is 0 Å². The fraction of sp³-hybridized carbons (Fsp3) is 0.143. The maximum Gasteiger partial charge on any atom is 0.181 e. The summed E-state index contributed by atoms with van der Waals surface area (Å²) in [5, 5.41) is 4.00. The first kappa shape index (κ1) is 13.7. The molecule has 0 aromatic heterocycles. The Kier molecular flexibility index (Phi) is 3.40. The van der Waals surface area contributed by atoms with E-state index in [0.717, 1.165) is 5.56 Å². The highest BCUT2D eigenvalue weighted by Crippen LogP contribution is 2.38. The Balaban J connectivity index is 2.00. The van der Waals surface area contributed by atoms with Crippen molar-refractivity contribution in [2.45, 2.75) is 10.9 Å². The number of sulfone groups is 1. The number of hydrogen-bond donors (Lipinski definition) is 1. The fourth-order valence-corrected chi connectivity index (χ4v) is 4.46. The van der Waals surface area contributed by atoms with Gasteiger partial charge in [-0.05, 0) is 23.8 Å². The largest absolute Gasteiger partial charge is 0.376 e. The van der Waals surface area contributed by atoms with Gasteiger partial charge in [0.05, 0.1) is 32.4 Å². The van der Waals surface area contributed by atoms with E-state index in [1.165, 1.54) is 0 Å². The van der Waals surface area contributed by atoms with Crippen LogP contribution in [0.1, 0.15) is 11.6 Å². The lowest BCUT2D eigenvalue weighted by atomic mass is 10.1. The molecule has 2 aromatic carbocycles. The van der Waals surface area contributed by atoms with Crippen LogP contribution in [-0.4, -0.2) is 14.2 Å². The van der Waals surface area contributed by atoms with E-state index in [9.17, 15) is 8.42 Å². The standard InChI is InChI=1S/C14H11Cl2NO2S/c15-10-5-3-6-11(14(10)16)17-12-8-20(18,19)13-7-2-1-4-9(12)13/h1-7,12,17H,8H2. The van der Waals surface area contributed by atoms with Crippen LogP contribution in [-0.2, 0) is 9.84 Å². The Morgan fingerprint density at radius 1 is 1.05 bits per heavy atom. The van der Waals surface area contributed by atoms with Crippen molar-refractivity contribution >= 4 is 38.7 Å². The van der Waals surface area contributed by atoms with Crippen LogP contribution in [0.25, 0.3) is 0 Å². The Labute approximate surface area is 127 Å². The molecular formula is C14H11Cl2NO2S. The number of nitrogens with one attached hydrogen (secondary N) is 1. The summed E-state index contributed by atoms with van der Waals surface area (Å²) in [6.07, 6.45) is 0. The molecule has 1 unspecified atom stereocenters. The number of halogens is 2. The summed E-state index contributed by atoms with van der Waals surface area (Å²) in [5.41, 5.74) is 1.40. The summed E-state index contributed by atoms with van der Waals surface area (Å²) >= 11 is 12.1. The molecule has 0 amide bonds. The lowest BCUT2D eigenvalue weighted by molar-refractivity contribution is 0.598. The smallest absolute Gasteiger partial charge is 0.181 e. The highest BCUT2D eigenvalue weighted by atomic mass is 35.5. The Morgan fingerprint density at radius 3 is 2.60 bits per heavy atom. The quantitative estimate of drug-likeness (QED) is 0.908. The first-order valence-corrected chi connectivity index (χ1v) is 8.42. The molecule has 1 N–H and O–H groups in total. The molecule has 3 rings (SSSR count). The van der Waals surface area contributed by atoms with Crippen LogP contribution in [0.3, 0.4) is 0 Å². The van der Waals surface area contributed by atoms with Crippen LogP contribution in [0, 0.1) is 0 Å². The van der Waals surface area contributed by atoms with Crippen molar-refractivity contribution in [3.05, 3.63) is 58.1 Å². The Bertz CT molecular complexity index is 774. The van der Waals surface area contributed by atoms with Gasteiger partial charge in [0.25, 0.3) is 0 Å². The van der Waals surface area contributed by atoms with E-state index in [1.807, 2.05) is 12.1 Å². The summed E-state index contributed by atoms with van der Waals surface area (Å²) in [6.45, 7) is 0. The zero-order valence-corrected chi connectivity index (χ0v) is 12.6. The van der Waals surface area contributed by atoms with Gasteiger partial charge in [-0.2, -0.15) is 0 Å². The zero-order chi connectivity index (χ0) is 14.3. The average Bonchev–Trinajstić information content (AvgIpc) is 2.67. The third kappa shape index (κ3) is 2.28. The fourth-order valence-electron chi connectivity index (χ4n) is 2.37. The van der Waals surface area contributed by atoms with Crippen LogP contribution >= 0.6 is 23.2 Å². The Hall–Kier alpha value is -1.23. The van der Waals surface area contributed by atoms with Gasteiger partial charge in [-0.25, -0.2) is 8.42 Å². The summed E-state index contributed by atoms with van der Waals surface area (Å²) in [4.78, 5) is 0.385. The van der Waals surface area contributed by atoms with Crippen LogP contribution in [0.4, 0.5) is 5.69 Å². The van der Waals surface area contributed by atoms with E-state index in [4.69, 9.17) is 23.2 Å². The second-order valence-corrected chi connectivity index (χ2v) is 7.41. The van der Waals surface area contributed by atoms with E-state index >= 15 is 0 Å². The van der Waals surface area contributed by atoms with Gasteiger partial charge >= 0.3 is 0 Å². The summed E-state index contributed by atoms with van der Waals surface area (Å²) in [5.74, 6) is 0.0230. The molecule has 0 radical (unpaired) electrons. The number of rotatable bonds is 2. The van der Waals surface area contributed by atoms with E-state index < -0.39 is 9.84 Å². The monoisotopic (exact) mass is 327 g/mol. The molecule has 0 fully saturated rings. The first-order chi connectivity index (χ1) is 9.49.